The molecule has 1 N–H and O–H groups in total. The van der Waals surface area contributed by atoms with Gasteiger partial charge in [-0.15, -0.1) is 11.8 Å². The minimum atomic E-state index is -0.909. The van der Waals surface area contributed by atoms with E-state index < -0.39 is 11.6 Å². The van der Waals surface area contributed by atoms with Crippen LogP contribution in [0.2, 0.25) is 0 Å². The average Bonchev–Trinajstić information content (AvgIpc) is 2.92. The number of fused-ring (bicyclic) bond motifs is 1. The van der Waals surface area contributed by atoms with Gasteiger partial charge in [-0.3, -0.25) is 4.79 Å². The Hall–Kier alpha value is -2.41. The highest BCUT2D eigenvalue weighted by Gasteiger charge is 2.08. The topological polar surface area (TPSA) is 46.9 Å². The van der Waals surface area contributed by atoms with Gasteiger partial charge in [0, 0.05) is 18.0 Å². The zero-order chi connectivity index (χ0) is 17.8. The van der Waals surface area contributed by atoms with Crippen molar-refractivity contribution >= 4 is 28.7 Å². The summed E-state index contributed by atoms with van der Waals surface area (Å²) < 4.78 is 28.1. The number of rotatable bonds is 6. The molecule has 0 saturated carbocycles. The summed E-state index contributed by atoms with van der Waals surface area (Å²) in [5.74, 6) is -0.914. The van der Waals surface area contributed by atoms with Crippen molar-refractivity contribution in [3.8, 4) is 0 Å². The number of carbonyl (C=O) groups excluding carboxylic acids is 1. The monoisotopic (exact) mass is 361 g/mol. The predicted molar refractivity (Wildman–Crippen MR) is 94.6 cm³/mol. The average molecular weight is 361 g/mol. The van der Waals surface area contributed by atoms with E-state index in [1.54, 1.807) is 0 Å². The van der Waals surface area contributed by atoms with Crippen LogP contribution in [-0.2, 0) is 11.3 Å². The second-order valence-electron chi connectivity index (χ2n) is 5.51. The van der Waals surface area contributed by atoms with E-state index in [2.05, 4.69) is 14.9 Å². The maximum absolute atomic E-state index is 13.1. The summed E-state index contributed by atoms with van der Waals surface area (Å²) in [6.45, 7) is 3.02. The summed E-state index contributed by atoms with van der Waals surface area (Å²) >= 11 is 1.17. The standard InChI is InChI=1S/C18H17F2N3OS/c1-12-22-16-4-2-3-5-17(16)23(12)9-8-21-18(24)11-25-13-6-7-14(19)15(20)10-13/h2-7,10H,8-9,11H2,1H3,(H,21,24). The highest BCUT2D eigenvalue weighted by atomic mass is 32.2. The van der Waals surface area contributed by atoms with Crippen LogP contribution in [0.5, 0.6) is 0 Å². The van der Waals surface area contributed by atoms with Crippen molar-refractivity contribution < 1.29 is 13.6 Å². The maximum atomic E-state index is 13.1. The Bertz CT molecular complexity index is 910. The van der Waals surface area contributed by atoms with E-state index >= 15 is 0 Å². The van der Waals surface area contributed by atoms with Crippen molar-refractivity contribution in [2.24, 2.45) is 0 Å². The van der Waals surface area contributed by atoms with E-state index in [9.17, 15) is 13.6 Å². The van der Waals surface area contributed by atoms with E-state index in [4.69, 9.17) is 0 Å². The molecular weight excluding hydrogens is 344 g/mol. The second-order valence-corrected chi connectivity index (χ2v) is 6.56. The Labute approximate surface area is 148 Å². The van der Waals surface area contributed by atoms with Gasteiger partial charge in [0.05, 0.1) is 16.8 Å². The van der Waals surface area contributed by atoms with Gasteiger partial charge >= 0.3 is 0 Å². The number of hydrogen-bond acceptors (Lipinski definition) is 3. The molecule has 0 aliphatic heterocycles. The summed E-state index contributed by atoms with van der Waals surface area (Å²) in [7, 11) is 0. The molecule has 130 valence electrons. The SMILES string of the molecule is Cc1nc2ccccc2n1CCNC(=O)CSc1ccc(F)c(F)c1. The number of thioether (sulfide) groups is 1. The molecule has 0 aliphatic rings. The lowest BCUT2D eigenvalue weighted by atomic mass is 10.3. The fourth-order valence-electron chi connectivity index (χ4n) is 2.55. The van der Waals surface area contributed by atoms with Crippen LogP contribution in [0.1, 0.15) is 5.82 Å². The van der Waals surface area contributed by atoms with Crippen molar-refractivity contribution in [3.05, 3.63) is 59.9 Å². The Morgan fingerprint density at radius 1 is 1.20 bits per heavy atom. The number of carbonyl (C=O) groups is 1. The van der Waals surface area contributed by atoms with E-state index in [1.807, 2.05) is 31.2 Å². The Morgan fingerprint density at radius 3 is 2.80 bits per heavy atom. The minimum absolute atomic E-state index is 0.148. The van der Waals surface area contributed by atoms with Crippen molar-refractivity contribution in [3.63, 3.8) is 0 Å². The lowest BCUT2D eigenvalue weighted by molar-refractivity contribution is -0.118. The van der Waals surface area contributed by atoms with Crippen LogP contribution in [-0.4, -0.2) is 27.8 Å². The molecule has 1 heterocycles. The van der Waals surface area contributed by atoms with E-state index in [0.717, 1.165) is 29.0 Å². The van der Waals surface area contributed by atoms with Gasteiger partial charge in [-0.25, -0.2) is 13.8 Å². The number of nitrogens with one attached hydrogen (secondary N) is 1. The Balaban J connectivity index is 1.50. The highest BCUT2D eigenvalue weighted by Crippen LogP contribution is 2.20. The molecular formula is C18H17F2N3OS. The quantitative estimate of drug-likeness (QED) is 0.683. The van der Waals surface area contributed by atoms with Crippen molar-refractivity contribution in [1.82, 2.24) is 14.9 Å². The van der Waals surface area contributed by atoms with Gasteiger partial charge in [0.25, 0.3) is 0 Å². The molecule has 0 atom stereocenters. The van der Waals surface area contributed by atoms with Gasteiger partial charge in [-0.2, -0.15) is 0 Å². The fourth-order valence-corrected chi connectivity index (χ4v) is 3.30. The Morgan fingerprint density at radius 2 is 2.00 bits per heavy atom. The molecule has 1 aromatic heterocycles. The van der Waals surface area contributed by atoms with Crippen molar-refractivity contribution in [1.29, 1.82) is 0 Å². The molecule has 0 spiro atoms. The molecule has 0 bridgehead atoms. The number of nitrogens with zero attached hydrogens (tertiary/aromatic N) is 2. The normalized spacial score (nSPS) is 11.0. The molecule has 2 aromatic carbocycles. The molecule has 0 fully saturated rings. The summed E-state index contributed by atoms with van der Waals surface area (Å²) in [5.41, 5.74) is 1.96. The zero-order valence-corrected chi connectivity index (χ0v) is 14.4. The van der Waals surface area contributed by atoms with Crippen LogP contribution in [0.25, 0.3) is 11.0 Å². The van der Waals surface area contributed by atoms with Gasteiger partial charge in [0.15, 0.2) is 11.6 Å². The molecule has 0 unspecified atom stereocenters. The Kier molecular flexibility index (Phi) is 5.33. The lowest BCUT2D eigenvalue weighted by Crippen LogP contribution is -2.28. The molecule has 7 heteroatoms. The first-order chi connectivity index (χ1) is 12.0. The number of benzene rings is 2. The van der Waals surface area contributed by atoms with E-state index in [-0.39, 0.29) is 11.7 Å². The summed E-state index contributed by atoms with van der Waals surface area (Å²) in [5, 5.41) is 2.83. The van der Waals surface area contributed by atoms with Gasteiger partial charge in [0.2, 0.25) is 5.91 Å². The van der Waals surface area contributed by atoms with Crippen LogP contribution in [0.4, 0.5) is 8.78 Å². The van der Waals surface area contributed by atoms with Crippen LogP contribution in [0.15, 0.2) is 47.4 Å². The molecule has 3 aromatic rings. The first-order valence-corrected chi connectivity index (χ1v) is 8.79. The molecule has 0 saturated heterocycles. The summed E-state index contributed by atoms with van der Waals surface area (Å²) in [6, 6.07) is 11.5. The van der Waals surface area contributed by atoms with E-state index in [1.165, 1.54) is 17.8 Å². The molecule has 0 aliphatic carbocycles. The number of imidazole rings is 1. The van der Waals surface area contributed by atoms with Gasteiger partial charge in [-0.05, 0) is 37.3 Å². The number of amides is 1. The number of para-hydroxylation sites is 2. The van der Waals surface area contributed by atoms with Crippen molar-refractivity contribution in [2.75, 3.05) is 12.3 Å². The van der Waals surface area contributed by atoms with Gasteiger partial charge in [0.1, 0.15) is 5.82 Å². The number of halogens is 2. The smallest absolute Gasteiger partial charge is 0.230 e. The van der Waals surface area contributed by atoms with Crippen LogP contribution >= 0.6 is 11.8 Å². The minimum Gasteiger partial charge on any atom is -0.354 e. The van der Waals surface area contributed by atoms with Gasteiger partial charge < -0.3 is 9.88 Å². The summed E-state index contributed by atoms with van der Waals surface area (Å²) in [6.07, 6.45) is 0. The third kappa shape index (κ3) is 4.17. The van der Waals surface area contributed by atoms with Gasteiger partial charge in [-0.1, -0.05) is 12.1 Å². The predicted octanol–water partition coefficient (Wildman–Crippen LogP) is 3.53. The summed E-state index contributed by atoms with van der Waals surface area (Å²) in [4.78, 5) is 16.9. The second kappa shape index (κ2) is 7.65. The third-order valence-corrected chi connectivity index (χ3v) is 4.76. The third-order valence-electron chi connectivity index (χ3n) is 3.76. The number of hydrogen-bond donors (Lipinski definition) is 1. The van der Waals surface area contributed by atoms with Crippen LogP contribution < -0.4 is 5.32 Å². The maximum Gasteiger partial charge on any atom is 0.230 e. The number of aryl methyl sites for hydroxylation is 1. The van der Waals surface area contributed by atoms with Crippen molar-refractivity contribution in [2.45, 2.75) is 18.4 Å². The largest absolute Gasteiger partial charge is 0.354 e. The first kappa shape index (κ1) is 17.4. The van der Waals surface area contributed by atoms with Crippen LogP contribution in [0.3, 0.4) is 0 Å². The van der Waals surface area contributed by atoms with Crippen LogP contribution in [0, 0.1) is 18.6 Å². The molecule has 0 radical (unpaired) electrons. The zero-order valence-electron chi connectivity index (χ0n) is 13.6. The molecule has 1 amide bonds. The molecule has 25 heavy (non-hydrogen) atoms. The number of aromatic nitrogens is 2. The molecule has 4 nitrogen and oxygen atoms in total. The van der Waals surface area contributed by atoms with E-state index in [0.29, 0.717) is 18.0 Å². The fraction of sp³-hybridized carbons (Fsp3) is 0.222. The highest BCUT2D eigenvalue weighted by molar-refractivity contribution is 8.00. The lowest BCUT2D eigenvalue weighted by Gasteiger charge is -2.09. The first-order valence-electron chi connectivity index (χ1n) is 7.81. The molecule has 3 rings (SSSR count).